The van der Waals surface area contributed by atoms with E-state index in [1.54, 1.807) is 0 Å². The Labute approximate surface area is 128 Å². The molecule has 20 heavy (non-hydrogen) atoms. The van der Waals surface area contributed by atoms with Crippen LogP contribution >= 0.6 is 8.51 Å². The molecule has 0 radical (unpaired) electrons. The molecule has 0 spiro atoms. The van der Waals surface area contributed by atoms with Gasteiger partial charge in [-0.3, -0.25) is 0 Å². The molecule has 0 aliphatic carbocycles. The predicted molar refractivity (Wildman–Crippen MR) is 91.2 cm³/mol. The first-order valence-electron chi connectivity index (χ1n) is 6.67. The molecular weight excluding hydrogens is 461 g/mol. The van der Waals surface area contributed by atoms with Gasteiger partial charge in [-0.1, -0.05) is 0 Å². The van der Waals surface area contributed by atoms with E-state index in [2.05, 4.69) is 72.8 Å². The van der Waals surface area contributed by atoms with E-state index in [4.69, 9.17) is 8.51 Å². The van der Waals surface area contributed by atoms with Crippen LogP contribution in [0.25, 0.3) is 0 Å². The summed E-state index contributed by atoms with van der Waals surface area (Å²) in [7, 11) is 7.34. The molecule has 100 valence electrons. The van der Waals surface area contributed by atoms with Gasteiger partial charge in [-0.25, -0.2) is 0 Å². The summed E-state index contributed by atoms with van der Waals surface area (Å²) in [5, 5.41) is 0. The van der Waals surface area contributed by atoms with Crippen LogP contribution in [0.5, 0.6) is 0 Å². The molecule has 0 unspecified atom stereocenters. The molecule has 3 aromatic carbocycles. The Morgan fingerprint density at radius 2 is 0.700 bits per heavy atom. The van der Waals surface area contributed by atoms with Crippen LogP contribution in [0.1, 0.15) is 0 Å². The molecule has 0 N–H and O–H groups in total. The van der Waals surface area contributed by atoms with E-state index in [1.807, 2.05) is 18.2 Å². The van der Waals surface area contributed by atoms with Gasteiger partial charge in [0.15, 0.2) is 0 Å². The number of rotatable bonds is 3. The van der Waals surface area contributed by atoms with Gasteiger partial charge >= 0.3 is 128 Å². The zero-order valence-electron chi connectivity index (χ0n) is 11.0. The van der Waals surface area contributed by atoms with Crippen LogP contribution < -0.4 is 9.81 Å². The Hall–Kier alpha value is -1.17. The summed E-state index contributed by atoms with van der Waals surface area (Å²) in [6, 6.07) is 31.7. The third-order valence-corrected chi connectivity index (χ3v) is 22.4. The molecule has 0 aromatic heterocycles. The second-order valence-electron chi connectivity index (χ2n) is 4.76. The van der Waals surface area contributed by atoms with E-state index >= 15 is 0 Å². The molecule has 0 aliphatic heterocycles. The van der Waals surface area contributed by atoms with Crippen LogP contribution in [0.15, 0.2) is 91.0 Å². The van der Waals surface area contributed by atoms with Gasteiger partial charge in [0.2, 0.25) is 0 Å². The number of benzene rings is 3. The molecule has 0 saturated heterocycles. The summed E-state index contributed by atoms with van der Waals surface area (Å²) >= 11 is -3.46. The van der Waals surface area contributed by atoms with Gasteiger partial charge in [-0.2, -0.15) is 0 Å². The topological polar surface area (TPSA) is 0 Å². The van der Waals surface area contributed by atoms with Crippen molar-refractivity contribution in [2.24, 2.45) is 0 Å². The van der Waals surface area contributed by atoms with Gasteiger partial charge in [0.25, 0.3) is 0 Å². The molecule has 0 aliphatic rings. The van der Waals surface area contributed by atoms with Crippen LogP contribution in [0, 0.1) is 0 Å². The third-order valence-electron chi connectivity index (χ3n) is 3.51. The van der Waals surface area contributed by atoms with Crippen LogP contribution in [0.2, 0.25) is 0 Å². The van der Waals surface area contributed by atoms with E-state index < -0.39 is 19.1 Å². The Bertz CT molecular complexity index is 569. The Morgan fingerprint density at radius 1 is 0.450 bits per heavy atom. The summed E-state index contributed by atoms with van der Waals surface area (Å²) in [6.07, 6.45) is 0. The molecule has 0 saturated carbocycles. The maximum atomic E-state index is 7.34. The standard InChI is InChI=1S/3C6H5.Bi.ClH.H/c3*1-2-4-6-5-3-1;;;/h3*1-5H;;1H;/q;;;+1;;/p-1. The molecule has 0 fully saturated rings. The molecule has 0 nitrogen and oxygen atoms in total. The van der Waals surface area contributed by atoms with Crippen LogP contribution in [-0.4, -0.2) is 19.1 Å². The van der Waals surface area contributed by atoms with Gasteiger partial charge in [-0.15, -0.1) is 0 Å². The average Bonchev–Trinajstić information content (AvgIpc) is 2.56. The summed E-state index contributed by atoms with van der Waals surface area (Å²) in [6.45, 7) is 0. The number of halogens is 1. The minimum absolute atomic E-state index is 1.30. The molecule has 0 heterocycles. The van der Waals surface area contributed by atoms with Crippen molar-refractivity contribution in [1.29, 1.82) is 0 Å². The van der Waals surface area contributed by atoms with Crippen molar-refractivity contribution in [2.45, 2.75) is 0 Å². The normalized spacial score (nSPS) is 12.1. The number of hydrogen-bond acceptors (Lipinski definition) is 0. The minimum atomic E-state index is -3.46. The maximum absolute atomic E-state index is 7.34. The fraction of sp³-hybridized carbons (Fsp3) is 0. The first-order valence-corrected chi connectivity index (χ1v) is 17.3. The van der Waals surface area contributed by atoms with E-state index in [1.165, 1.54) is 9.81 Å². The molecule has 0 atom stereocenters. The Kier molecular flexibility index (Phi) is 4.19. The molecular formula is C18H16BiCl. The Balaban J connectivity index is 2.24. The summed E-state index contributed by atoms with van der Waals surface area (Å²) in [4.78, 5) is 0. The zero-order valence-corrected chi connectivity index (χ0v) is 15.7. The van der Waals surface area contributed by atoms with Crippen molar-refractivity contribution in [1.82, 2.24) is 0 Å². The van der Waals surface area contributed by atoms with Crippen molar-refractivity contribution >= 4 is 37.4 Å². The monoisotopic (exact) mass is 476 g/mol. The Morgan fingerprint density at radius 3 is 0.950 bits per heavy atom. The average molecular weight is 477 g/mol. The van der Waals surface area contributed by atoms with Gasteiger partial charge < -0.3 is 0 Å². The first kappa shape index (κ1) is 13.8. The molecule has 3 rings (SSSR count). The summed E-state index contributed by atoms with van der Waals surface area (Å²) < 4.78 is 3.91. The SMILES string of the molecule is [Cl][BiH]([c]1ccccc1)([c]1ccccc1)[c]1ccccc1. The van der Waals surface area contributed by atoms with Crippen LogP contribution in [-0.2, 0) is 0 Å². The van der Waals surface area contributed by atoms with E-state index in [0.717, 1.165) is 0 Å². The van der Waals surface area contributed by atoms with Gasteiger partial charge in [-0.05, 0) is 0 Å². The molecule has 0 amide bonds. The van der Waals surface area contributed by atoms with Gasteiger partial charge in [0.1, 0.15) is 0 Å². The zero-order chi connectivity index (χ0) is 13.8. The predicted octanol–water partition coefficient (Wildman–Crippen LogP) is 2.62. The quantitative estimate of drug-likeness (QED) is 0.510. The fourth-order valence-corrected chi connectivity index (χ4v) is 17.3. The van der Waals surface area contributed by atoms with Gasteiger partial charge in [0.05, 0.1) is 0 Å². The third kappa shape index (κ3) is 2.53. The molecule has 0 bridgehead atoms. The fourth-order valence-electron chi connectivity index (χ4n) is 2.50. The second-order valence-corrected chi connectivity index (χ2v) is 21.6. The number of hydrogen-bond donors (Lipinski definition) is 0. The van der Waals surface area contributed by atoms with Crippen molar-refractivity contribution in [2.75, 3.05) is 0 Å². The van der Waals surface area contributed by atoms with Crippen LogP contribution in [0.3, 0.4) is 0 Å². The van der Waals surface area contributed by atoms with Crippen molar-refractivity contribution in [3.05, 3.63) is 91.0 Å². The summed E-state index contributed by atoms with van der Waals surface area (Å²) in [5.74, 6) is 0. The van der Waals surface area contributed by atoms with Gasteiger partial charge in [0, 0.05) is 0 Å². The van der Waals surface area contributed by atoms with Crippen molar-refractivity contribution in [3.8, 4) is 0 Å². The van der Waals surface area contributed by atoms with Crippen molar-refractivity contribution < 1.29 is 0 Å². The second kappa shape index (κ2) is 6.08. The van der Waals surface area contributed by atoms with Crippen molar-refractivity contribution in [3.63, 3.8) is 0 Å². The summed E-state index contributed by atoms with van der Waals surface area (Å²) in [5.41, 5.74) is 0. The molecule has 2 heteroatoms. The van der Waals surface area contributed by atoms with Crippen LogP contribution in [0.4, 0.5) is 0 Å². The van der Waals surface area contributed by atoms with E-state index in [-0.39, 0.29) is 0 Å². The molecule has 3 aromatic rings. The van der Waals surface area contributed by atoms with E-state index in [9.17, 15) is 0 Å². The van der Waals surface area contributed by atoms with E-state index in [0.29, 0.717) is 0 Å². The first-order chi connectivity index (χ1) is 9.82.